The molecule has 1 saturated heterocycles. The highest BCUT2D eigenvalue weighted by Crippen LogP contribution is 2.29. The summed E-state index contributed by atoms with van der Waals surface area (Å²) in [6, 6.07) is 1.05. The van der Waals surface area contributed by atoms with E-state index in [0.29, 0.717) is 19.7 Å². The fourth-order valence-corrected chi connectivity index (χ4v) is 2.41. The Bertz CT molecular complexity index is 541. The summed E-state index contributed by atoms with van der Waals surface area (Å²) in [7, 11) is 0. The minimum atomic E-state index is -1.23. The van der Waals surface area contributed by atoms with Crippen LogP contribution in [-0.4, -0.2) is 46.8 Å². The van der Waals surface area contributed by atoms with E-state index in [9.17, 15) is 14.9 Å². The second-order valence-corrected chi connectivity index (χ2v) is 4.77. The highest BCUT2D eigenvalue weighted by atomic mass is 16.6. The molecule has 0 atom stereocenters. The highest BCUT2D eigenvalue weighted by Gasteiger charge is 2.27. The van der Waals surface area contributed by atoms with Crippen molar-refractivity contribution in [2.75, 3.05) is 24.6 Å². The predicted molar refractivity (Wildman–Crippen MR) is 74.7 cm³/mol. The van der Waals surface area contributed by atoms with Crippen molar-refractivity contribution in [2.24, 2.45) is 0 Å². The van der Waals surface area contributed by atoms with E-state index in [1.54, 1.807) is 4.90 Å². The van der Waals surface area contributed by atoms with Gasteiger partial charge in [0.25, 0.3) is 0 Å². The monoisotopic (exact) mass is 295 g/mol. The molecule has 0 saturated carbocycles. The number of carbonyl (C=O) groups is 1. The number of nitrogens with zero attached hydrogens (tertiary/aromatic N) is 3. The zero-order valence-corrected chi connectivity index (χ0v) is 11.7. The van der Waals surface area contributed by atoms with Gasteiger partial charge in [-0.3, -0.25) is 10.1 Å². The van der Waals surface area contributed by atoms with Crippen molar-refractivity contribution in [3.63, 3.8) is 0 Å². The van der Waals surface area contributed by atoms with Crippen LogP contribution in [0.1, 0.15) is 30.1 Å². The summed E-state index contributed by atoms with van der Waals surface area (Å²) in [6.07, 6.45) is 2.86. The van der Waals surface area contributed by atoms with Gasteiger partial charge in [0.15, 0.2) is 0 Å². The molecule has 8 heteroatoms. The average Bonchev–Trinajstić information content (AvgIpc) is 2.47. The minimum Gasteiger partial charge on any atom is -0.478 e. The summed E-state index contributed by atoms with van der Waals surface area (Å²) >= 11 is 0. The quantitative estimate of drug-likeness (QED) is 0.650. The van der Waals surface area contributed by atoms with Crippen LogP contribution in [0.3, 0.4) is 0 Å². The van der Waals surface area contributed by atoms with Gasteiger partial charge in [0, 0.05) is 32.0 Å². The van der Waals surface area contributed by atoms with Crippen molar-refractivity contribution in [1.82, 2.24) is 4.98 Å². The molecule has 1 N–H and O–H groups in total. The number of pyridine rings is 1. The maximum Gasteiger partial charge on any atom is 0.337 e. The summed E-state index contributed by atoms with van der Waals surface area (Å²) in [5.74, 6) is -1.01. The van der Waals surface area contributed by atoms with Crippen LogP contribution in [-0.2, 0) is 4.74 Å². The summed E-state index contributed by atoms with van der Waals surface area (Å²) < 4.78 is 5.54. The van der Waals surface area contributed by atoms with Gasteiger partial charge in [-0.25, -0.2) is 9.78 Å². The van der Waals surface area contributed by atoms with E-state index in [1.165, 1.54) is 0 Å². The van der Waals surface area contributed by atoms with Crippen LogP contribution in [0.5, 0.6) is 0 Å². The lowest BCUT2D eigenvalue weighted by atomic mass is 10.1. The summed E-state index contributed by atoms with van der Waals surface area (Å²) in [6.45, 7) is 3.79. The van der Waals surface area contributed by atoms with Crippen LogP contribution in [0, 0.1) is 10.1 Å². The molecule has 8 nitrogen and oxygen atoms in total. The average molecular weight is 295 g/mol. The van der Waals surface area contributed by atoms with Crippen molar-refractivity contribution >= 4 is 17.5 Å². The first-order valence-electron chi connectivity index (χ1n) is 6.77. The maximum absolute atomic E-state index is 11.1. The summed E-state index contributed by atoms with van der Waals surface area (Å²) in [5, 5.41) is 20.0. The van der Waals surface area contributed by atoms with Crippen LogP contribution in [0.25, 0.3) is 0 Å². The van der Waals surface area contributed by atoms with Crippen LogP contribution in [0.15, 0.2) is 12.3 Å². The Balaban J connectivity index is 2.20. The number of hydrogen-bond donors (Lipinski definition) is 1. The number of aromatic carboxylic acids is 1. The highest BCUT2D eigenvalue weighted by molar-refractivity contribution is 5.88. The second kappa shape index (κ2) is 6.49. The first-order chi connectivity index (χ1) is 10.0. The molecule has 114 valence electrons. The third-order valence-electron chi connectivity index (χ3n) is 3.43. The number of rotatable bonds is 5. The Morgan fingerprint density at radius 1 is 1.57 bits per heavy atom. The topological polar surface area (TPSA) is 106 Å². The number of carboxylic acids is 1. The number of carboxylic acid groups (broad SMARTS) is 1. The van der Waals surface area contributed by atoms with Gasteiger partial charge < -0.3 is 14.7 Å². The van der Waals surface area contributed by atoms with Crippen LogP contribution >= 0.6 is 0 Å². The molecule has 1 aromatic heterocycles. The van der Waals surface area contributed by atoms with Crippen molar-refractivity contribution in [3.8, 4) is 0 Å². The SMILES string of the molecule is CCOC1CCN(c2ncc(C(=O)O)cc2[N+](=O)[O-])CC1. The van der Waals surface area contributed by atoms with Crippen molar-refractivity contribution in [1.29, 1.82) is 0 Å². The fraction of sp³-hybridized carbons (Fsp3) is 0.538. The van der Waals surface area contributed by atoms with Gasteiger partial charge in [0.05, 0.1) is 16.6 Å². The number of aromatic nitrogens is 1. The second-order valence-electron chi connectivity index (χ2n) is 4.77. The normalized spacial score (nSPS) is 16.0. The molecule has 1 aliphatic heterocycles. The summed E-state index contributed by atoms with van der Waals surface area (Å²) in [4.78, 5) is 27.2. The smallest absolute Gasteiger partial charge is 0.337 e. The molecular formula is C13H17N3O5. The van der Waals surface area contributed by atoms with Crippen molar-refractivity contribution in [2.45, 2.75) is 25.9 Å². The molecule has 2 rings (SSSR count). The van der Waals surface area contributed by atoms with E-state index in [2.05, 4.69) is 4.98 Å². The van der Waals surface area contributed by atoms with Crippen molar-refractivity contribution in [3.05, 3.63) is 27.9 Å². The fourth-order valence-electron chi connectivity index (χ4n) is 2.41. The number of hydrogen-bond acceptors (Lipinski definition) is 6. The van der Waals surface area contributed by atoms with E-state index in [0.717, 1.165) is 25.1 Å². The molecule has 1 aromatic rings. The summed E-state index contributed by atoms with van der Waals surface area (Å²) in [5.41, 5.74) is -0.459. The number of ether oxygens (including phenoxy) is 1. The standard InChI is InChI=1S/C13H17N3O5/c1-2-21-10-3-5-15(6-4-10)12-11(16(19)20)7-9(8-14-12)13(17)18/h7-8,10H,2-6H2,1H3,(H,17,18). The van der Waals surface area contributed by atoms with E-state index in [4.69, 9.17) is 9.84 Å². The lowest BCUT2D eigenvalue weighted by molar-refractivity contribution is -0.384. The van der Waals surface area contributed by atoms with Crippen LogP contribution in [0.2, 0.25) is 0 Å². The molecule has 1 aliphatic rings. The number of nitro groups is 1. The van der Waals surface area contributed by atoms with Gasteiger partial charge in [0.2, 0.25) is 5.82 Å². The molecule has 0 bridgehead atoms. The Labute approximate surface area is 121 Å². The Morgan fingerprint density at radius 3 is 2.76 bits per heavy atom. The Morgan fingerprint density at radius 2 is 2.24 bits per heavy atom. The van der Waals surface area contributed by atoms with E-state index in [1.807, 2.05) is 6.92 Å². The number of piperidine rings is 1. The van der Waals surface area contributed by atoms with Gasteiger partial charge in [0.1, 0.15) is 0 Å². The largest absolute Gasteiger partial charge is 0.478 e. The van der Waals surface area contributed by atoms with Crippen LogP contribution < -0.4 is 4.90 Å². The molecule has 0 spiro atoms. The predicted octanol–water partition coefficient (Wildman–Crippen LogP) is 1.69. The molecule has 0 unspecified atom stereocenters. The zero-order valence-electron chi connectivity index (χ0n) is 11.7. The lowest BCUT2D eigenvalue weighted by Gasteiger charge is -2.32. The van der Waals surface area contributed by atoms with Crippen LogP contribution in [0.4, 0.5) is 11.5 Å². The molecular weight excluding hydrogens is 278 g/mol. The number of anilines is 1. The van der Waals surface area contributed by atoms with Gasteiger partial charge >= 0.3 is 11.7 Å². The zero-order chi connectivity index (χ0) is 15.4. The minimum absolute atomic E-state index is 0.170. The molecule has 0 aromatic carbocycles. The first kappa shape index (κ1) is 15.2. The lowest BCUT2D eigenvalue weighted by Crippen LogP contribution is -2.37. The van der Waals surface area contributed by atoms with E-state index >= 15 is 0 Å². The molecule has 21 heavy (non-hydrogen) atoms. The Hall–Kier alpha value is -2.22. The first-order valence-corrected chi connectivity index (χ1v) is 6.77. The van der Waals surface area contributed by atoms with Gasteiger partial charge in [-0.2, -0.15) is 0 Å². The van der Waals surface area contributed by atoms with Gasteiger partial charge in [-0.05, 0) is 19.8 Å². The van der Waals surface area contributed by atoms with E-state index in [-0.39, 0.29) is 23.2 Å². The molecule has 0 aliphatic carbocycles. The third-order valence-corrected chi connectivity index (χ3v) is 3.43. The molecule has 2 heterocycles. The molecule has 0 amide bonds. The molecule has 1 fully saturated rings. The Kier molecular flexibility index (Phi) is 4.69. The third kappa shape index (κ3) is 3.46. The van der Waals surface area contributed by atoms with Gasteiger partial charge in [-0.1, -0.05) is 0 Å². The molecule has 0 radical (unpaired) electrons. The van der Waals surface area contributed by atoms with E-state index < -0.39 is 10.9 Å². The van der Waals surface area contributed by atoms with Crippen molar-refractivity contribution < 1.29 is 19.6 Å². The van der Waals surface area contributed by atoms with Gasteiger partial charge in [-0.15, -0.1) is 0 Å². The maximum atomic E-state index is 11.1.